The summed E-state index contributed by atoms with van der Waals surface area (Å²) in [7, 11) is 0. The van der Waals surface area contributed by atoms with Crippen LogP contribution in [-0.4, -0.2) is 41.7 Å². The van der Waals surface area contributed by atoms with Crippen molar-refractivity contribution in [1.29, 1.82) is 0 Å². The van der Waals surface area contributed by atoms with Gasteiger partial charge in [-0.1, -0.05) is 0 Å². The predicted molar refractivity (Wildman–Crippen MR) is 87.3 cm³/mol. The number of carbonyl (C=O) groups is 3. The fraction of sp³-hybridized carbons (Fsp3) is 0.588. The highest BCUT2D eigenvalue weighted by Crippen LogP contribution is 2.38. The van der Waals surface area contributed by atoms with Crippen LogP contribution in [0.4, 0.5) is 13.2 Å². The minimum atomic E-state index is -5.07. The average molecular weight is 393 g/mol. The summed E-state index contributed by atoms with van der Waals surface area (Å²) in [5, 5.41) is 0. The monoisotopic (exact) mass is 393 g/mol. The number of H-pyrrole nitrogens is 1. The molecule has 0 unspecified atom stereocenters. The molecule has 1 heterocycles. The molecule has 10 heteroatoms. The standard InChI is InChI=1S/C17H22F3NO6/c1-6-25-10(22)8-9-11(14(23)26-7-2)12(17(18,19)20)13(21-9)15(24)27-16(3,4)5/h21H,6-8H2,1-5H3. The molecule has 1 aromatic rings. The maximum atomic E-state index is 13.6. The summed E-state index contributed by atoms with van der Waals surface area (Å²) in [6, 6.07) is 0. The molecule has 152 valence electrons. The SMILES string of the molecule is CCOC(=O)Cc1[nH]c(C(=O)OC(C)(C)C)c(C(F)(F)F)c1C(=O)OCC. The number of halogens is 3. The predicted octanol–water partition coefficient (Wildman–Crippen LogP) is 3.27. The molecule has 0 saturated carbocycles. The van der Waals surface area contributed by atoms with Gasteiger partial charge in [0.1, 0.15) is 16.9 Å². The van der Waals surface area contributed by atoms with Crippen molar-refractivity contribution in [1.82, 2.24) is 4.98 Å². The molecule has 0 aliphatic rings. The van der Waals surface area contributed by atoms with Crippen molar-refractivity contribution < 1.29 is 41.8 Å². The van der Waals surface area contributed by atoms with Crippen LogP contribution >= 0.6 is 0 Å². The molecule has 1 rings (SSSR count). The first-order chi connectivity index (χ1) is 12.3. The second-order valence-corrected chi connectivity index (χ2v) is 6.43. The van der Waals surface area contributed by atoms with E-state index in [2.05, 4.69) is 9.72 Å². The van der Waals surface area contributed by atoms with E-state index in [0.29, 0.717) is 0 Å². The summed E-state index contributed by atoms with van der Waals surface area (Å²) < 4.78 is 55.3. The maximum absolute atomic E-state index is 13.6. The first kappa shape index (κ1) is 22.5. The van der Waals surface area contributed by atoms with Crippen molar-refractivity contribution in [3.63, 3.8) is 0 Å². The number of hydrogen-bond donors (Lipinski definition) is 1. The summed E-state index contributed by atoms with van der Waals surface area (Å²) in [5.74, 6) is -3.49. The van der Waals surface area contributed by atoms with Crippen LogP contribution < -0.4 is 0 Å². The second-order valence-electron chi connectivity index (χ2n) is 6.43. The third-order valence-electron chi connectivity index (χ3n) is 3.07. The summed E-state index contributed by atoms with van der Waals surface area (Å²) in [6.07, 6.45) is -5.74. The van der Waals surface area contributed by atoms with Gasteiger partial charge in [-0.15, -0.1) is 0 Å². The van der Waals surface area contributed by atoms with Gasteiger partial charge in [-0.3, -0.25) is 4.79 Å². The molecular weight excluding hydrogens is 371 g/mol. The molecule has 27 heavy (non-hydrogen) atoms. The molecule has 0 aliphatic carbocycles. The van der Waals surface area contributed by atoms with Gasteiger partial charge in [0.2, 0.25) is 0 Å². The van der Waals surface area contributed by atoms with E-state index in [4.69, 9.17) is 9.47 Å². The fourth-order valence-corrected chi connectivity index (χ4v) is 2.23. The van der Waals surface area contributed by atoms with Crippen molar-refractivity contribution in [2.75, 3.05) is 13.2 Å². The molecule has 1 aromatic heterocycles. The first-order valence-electron chi connectivity index (χ1n) is 8.19. The minimum Gasteiger partial charge on any atom is -0.466 e. The van der Waals surface area contributed by atoms with E-state index in [1.54, 1.807) is 0 Å². The van der Waals surface area contributed by atoms with E-state index in [0.717, 1.165) is 0 Å². The number of ether oxygens (including phenoxy) is 3. The Bertz CT molecular complexity index is 715. The molecule has 0 atom stereocenters. The lowest BCUT2D eigenvalue weighted by Gasteiger charge is -2.20. The molecule has 0 aliphatic heterocycles. The first-order valence-corrected chi connectivity index (χ1v) is 8.19. The van der Waals surface area contributed by atoms with Crippen LogP contribution in [0.25, 0.3) is 0 Å². The number of rotatable bonds is 6. The molecular formula is C17H22F3NO6. The van der Waals surface area contributed by atoms with Crippen LogP contribution in [0.5, 0.6) is 0 Å². The molecule has 0 fully saturated rings. The lowest BCUT2D eigenvalue weighted by Crippen LogP contribution is -2.26. The van der Waals surface area contributed by atoms with Crippen LogP contribution in [-0.2, 0) is 31.6 Å². The Kier molecular flexibility index (Phi) is 7.05. The Hall–Kier alpha value is -2.52. The Morgan fingerprint density at radius 1 is 0.963 bits per heavy atom. The Morgan fingerprint density at radius 3 is 1.96 bits per heavy atom. The van der Waals surface area contributed by atoms with Crippen molar-refractivity contribution in [3.05, 3.63) is 22.5 Å². The number of carbonyl (C=O) groups excluding carboxylic acids is 3. The lowest BCUT2D eigenvalue weighted by atomic mass is 10.1. The van der Waals surface area contributed by atoms with Crippen LogP contribution in [0.1, 0.15) is 66.7 Å². The summed E-state index contributed by atoms with van der Waals surface area (Å²) in [6.45, 7) is 7.18. The highest BCUT2D eigenvalue weighted by Gasteiger charge is 2.44. The maximum Gasteiger partial charge on any atom is 0.419 e. The zero-order valence-corrected chi connectivity index (χ0v) is 15.7. The average Bonchev–Trinajstić information content (AvgIpc) is 2.85. The Labute approximate surface area is 154 Å². The zero-order chi connectivity index (χ0) is 21.0. The van der Waals surface area contributed by atoms with E-state index in [1.165, 1.54) is 34.6 Å². The van der Waals surface area contributed by atoms with Gasteiger partial charge in [-0.25, -0.2) is 9.59 Å². The molecule has 0 saturated heterocycles. The lowest BCUT2D eigenvalue weighted by molar-refractivity contribution is -0.142. The van der Waals surface area contributed by atoms with Gasteiger partial charge in [-0.2, -0.15) is 13.2 Å². The molecule has 7 nitrogen and oxygen atoms in total. The van der Waals surface area contributed by atoms with Gasteiger partial charge < -0.3 is 19.2 Å². The smallest absolute Gasteiger partial charge is 0.419 e. The molecule has 0 amide bonds. The Morgan fingerprint density at radius 2 is 1.52 bits per heavy atom. The number of hydrogen-bond acceptors (Lipinski definition) is 6. The van der Waals surface area contributed by atoms with Crippen LogP contribution in [0.15, 0.2) is 0 Å². The number of nitrogens with one attached hydrogen (secondary N) is 1. The summed E-state index contributed by atoms with van der Waals surface area (Å²) >= 11 is 0. The van der Waals surface area contributed by atoms with Crippen molar-refractivity contribution >= 4 is 17.9 Å². The van der Waals surface area contributed by atoms with Gasteiger partial charge in [0.05, 0.1) is 25.2 Å². The van der Waals surface area contributed by atoms with Gasteiger partial charge in [0, 0.05) is 5.69 Å². The van der Waals surface area contributed by atoms with E-state index in [-0.39, 0.29) is 13.2 Å². The molecule has 1 N–H and O–H groups in total. The van der Waals surface area contributed by atoms with E-state index in [9.17, 15) is 27.6 Å². The van der Waals surface area contributed by atoms with Gasteiger partial charge >= 0.3 is 24.1 Å². The largest absolute Gasteiger partial charge is 0.466 e. The van der Waals surface area contributed by atoms with Crippen molar-refractivity contribution in [2.24, 2.45) is 0 Å². The van der Waals surface area contributed by atoms with Gasteiger partial charge in [0.25, 0.3) is 0 Å². The van der Waals surface area contributed by atoms with Crippen LogP contribution in [0.2, 0.25) is 0 Å². The third-order valence-corrected chi connectivity index (χ3v) is 3.07. The van der Waals surface area contributed by atoms with E-state index < -0.39 is 58.6 Å². The second kappa shape index (κ2) is 8.45. The quantitative estimate of drug-likeness (QED) is 0.589. The fourth-order valence-electron chi connectivity index (χ4n) is 2.23. The van der Waals surface area contributed by atoms with Crippen LogP contribution in [0.3, 0.4) is 0 Å². The minimum absolute atomic E-state index is 0.000662. The molecule has 0 aromatic carbocycles. The molecule has 0 spiro atoms. The topological polar surface area (TPSA) is 94.7 Å². The Balaban J connectivity index is 3.60. The van der Waals surface area contributed by atoms with Crippen molar-refractivity contribution in [2.45, 2.75) is 52.8 Å². The molecule has 0 bridgehead atoms. The van der Waals surface area contributed by atoms with Crippen molar-refractivity contribution in [3.8, 4) is 0 Å². The number of aromatic amines is 1. The van der Waals surface area contributed by atoms with E-state index in [1.807, 2.05) is 0 Å². The number of aromatic nitrogens is 1. The number of esters is 3. The third kappa shape index (κ3) is 6.00. The normalized spacial score (nSPS) is 11.9. The highest BCUT2D eigenvalue weighted by atomic mass is 19.4. The van der Waals surface area contributed by atoms with E-state index >= 15 is 0 Å². The summed E-state index contributed by atoms with van der Waals surface area (Å²) in [5.41, 5.74) is -4.94. The van der Waals surface area contributed by atoms with Gasteiger partial charge in [-0.05, 0) is 34.6 Å². The van der Waals surface area contributed by atoms with Crippen LogP contribution in [0, 0.1) is 0 Å². The van der Waals surface area contributed by atoms with Gasteiger partial charge in [0.15, 0.2) is 0 Å². The summed E-state index contributed by atoms with van der Waals surface area (Å²) in [4.78, 5) is 38.3. The molecule has 0 radical (unpaired) electrons. The number of alkyl halides is 3. The zero-order valence-electron chi connectivity index (χ0n) is 15.7. The highest BCUT2D eigenvalue weighted by molar-refractivity contribution is 6.00.